The van der Waals surface area contributed by atoms with Crippen LogP contribution in [0.1, 0.15) is 15.9 Å². The van der Waals surface area contributed by atoms with Crippen LogP contribution in [-0.4, -0.2) is 10.9 Å². The molecule has 1 heterocycles. The van der Waals surface area contributed by atoms with Gasteiger partial charge in [0.1, 0.15) is 10.8 Å². The lowest BCUT2D eigenvalue weighted by atomic mass is 10.1. The molecule has 1 aromatic heterocycles. The lowest BCUT2D eigenvalue weighted by molar-refractivity contribution is 0.102. The fourth-order valence-electron chi connectivity index (χ4n) is 2.81. The number of nitriles is 1. The van der Waals surface area contributed by atoms with Gasteiger partial charge in [0.2, 0.25) is 0 Å². The van der Waals surface area contributed by atoms with Gasteiger partial charge in [0.25, 0.3) is 5.91 Å². The number of nitrogens with zero attached hydrogens (tertiary/aromatic N) is 2. The molecule has 0 radical (unpaired) electrons. The molecule has 0 saturated carbocycles. The van der Waals surface area contributed by atoms with Gasteiger partial charge >= 0.3 is 0 Å². The van der Waals surface area contributed by atoms with Crippen molar-refractivity contribution < 1.29 is 9.18 Å². The Hall–Kier alpha value is -2.98. The number of hydrogen-bond donors (Lipinski definition) is 1. The number of carbonyl (C=O) groups excluding carboxylic acids is 1. The van der Waals surface area contributed by atoms with Gasteiger partial charge in [-0.1, -0.05) is 35.3 Å². The Labute approximate surface area is 179 Å². The zero-order chi connectivity index (χ0) is 20.5. The zero-order valence-electron chi connectivity index (χ0n) is 14.5. The predicted molar refractivity (Wildman–Crippen MR) is 114 cm³/mol. The highest BCUT2D eigenvalue weighted by Gasteiger charge is 2.19. The van der Waals surface area contributed by atoms with Gasteiger partial charge in [-0.05, 0) is 42.5 Å². The second kappa shape index (κ2) is 7.80. The molecular formula is C21H10Cl2FN3OS. The summed E-state index contributed by atoms with van der Waals surface area (Å²) in [5, 5.41) is 12.7. The molecule has 4 rings (SSSR count). The van der Waals surface area contributed by atoms with Gasteiger partial charge in [-0.2, -0.15) is 5.26 Å². The largest absolute Gasteiger partial charge is 0.320 e. The van der Waals surface area contributed by atoms with Gasteiger partial charge in [0, 0.05) is 10.6 Å². The van der Waals surface area contributed by atoms with Gasteiger partial charge in [0.05, 0.1) is 38.1 Å². The number of halogens is 3. The van der Waals surface area contributed by atoms with E-state index in [1.54, 1.807) is 6.07 Å². The van der Waals surface area contributed by atoms with Crippen LogP contribution in [0.5, 0.6) is 0 Å². The summed E-state index contributed by atoms with van der Waals surface area (Å²) in [6.45, 7) is 0. The number of thiazole rings is 1. The van der Waals surface area contributed by atoms with Gasteiger partial charge in [-0.25, -0.2) is 9.37 Å². The highest BCUT2D eigenvalue weighted by Crippen LogP contribution is 2.40. The molecule has 0 aliphatic rings. The molecule has 0 atom stereocenters. The molecule has 0 bridgehead atoms. The minimum Gasteiger partial charge on any atom is -0.320 e. The summed E-state index contributed by atoms with van der Waals surface area (Å²) in [6, 6.07) is 16.2. The van der Waals surface area contributed by atoms with E-state index in [4.69, 9.17) is 28.5 Å². The molecule has 0 saturated heterocycles. The molecule has 0 unspecified atom stereocenters. The minimum absolute atomic E-state index is 0.124. The topological polar surface area (TPSA) is 65.8 Å². The predicted octanol–water partition coefficient (Wildman–Crippen LogP) is 6.53. The molecule has 1 amide bonds. The highest BCUT2D eigenvalue weighted by molar-refractivity contribution is 7.21. The minimum atomic E-state index is -0.798. The van der Waals surface area contributed by atoms with E-state index in [1.807, 2.05) is 30.3 Å². The van der Waals surface area contributed by atoms with E-state index in [2.05, 4.69) is 10.3 Å². The van der Waals surface area contributed by atoms with Crippen molar-refractivity contribution in [1.82, 2.24) is 4.98 Å². The molecule has 0 aliphatic heterocycles. The third-order valence-electron chi connectivity index (χ3n) is 4.16. The normalized spacial score (nSPS) is 10.7. The summed E-state index contributed by atoms with van der Waals surface area (Å²) in [7, 11) is 0. The Balaban J connectivity index is 1.78. The Morgan fingerprint density at radius 3 is 2.66 bits per heavy atom. The first-order chi connectivity index (χ1) is 14.0. The van der Waals surface area contributed by atoms with Crippen molar-refractivity contribution in [3.05, 3.63) is 81.6 Å². The van der Waals surface area contributed by atoms with Crippen molar-refractivity contribution in [2.45, 2.75) is 0 Å². The van der Waals surface area contributed by atoms with Crippen LogP contribution in [-0.2, 0) is 0 Å². The number of benzene rings is 3. The van der Waals surface area contributed by atoms with Crippen molar-refractivity contribution >= 4 is 56.3 Å². The van der Waals surface area contributed by atoms with Crippen LogP contribution < -0.4 is 5.32 Å². The number of amides is 1. The molecule has 3 aromatic carbocycles. The first kappa shape index (κ1) is 19.3. The maximum atomic E-state index is 14.2. The lowest BCUT2D eigenvalue weighted by Gasteiger charge is -2.13. The fraction of sp³-hybridized carbons (Fsp3) is 0. The SMILES string of the molecule is N#Cc1ccc(C(=O)Nc2c(Cl)cc(Cl)cc2-c2nc3ccccc3s2)c(F)c1. The average Bonchev–Trinajstić information content (AvgIpc) is 3.13. The van der Waals surface area contributed by atoms with Crippen LogP contribution >= 0.6 is 34.5 Å². The van der Waals surface area contributed by atoms with Crippen molar-refractivity contribution in [3.63, 3.8) is 0 Å². The molecule has 4 nitrogen and oxygen atoms in total. The Bertz CT molecular complexity index is 1280. The lowest BCUT2D eigenvalue weighted by Crippen LogP contribution is -2.15. The number of para-hydroxylation sites is 1. The van der Waals surface area contributed by atoms with Crippen LogP contribution in [0.25, 0.3) is 20.8 Å². The van der Waals surface area contributed by atoms with Gasteiger partial charge in [-0.15, -0.1) is 11.3 Å². The molecule has 0 spiro atoms. The summed E-state index contributed by atoms with van der Waals surface area (Å²) in [6.07, 6.45) is 0. The maximum absolute atomic E-state index is 14.2. The summed E-state index contributed by atoms with van der Waals surface area (Å²) in [4.78, 5) is 17.3. The van der Waals surface area contributed by atoms with E-state index in [0.717, 1.165) is 16.3 Å². The number of carbonyl (C=O) groups is 1. The quantitative estimate of drug-likeness (QED) is 0.392. The Kier molecular flexibility index (Phi) is 5.20. The monoisotopic (exact) mass is 441 g/mol. The van der Waals surface area contributed by atoms with E-state index in [9.17, 15) is 9.18 Å². The van der Waals surface area contributed by atoms with Crippen LogP contribution in [0, 0.1) is 17.1 Å². The molecule has 29 heavy (non-hydrogen) atoms. The standard InChI is InChI=1S/C21H10Cl2FN3OS/c22-12-8-14(21-26-17-3-1-2-4-18(17)29-21)19(15(23)9-12)27-20(28)13-6-5-11(10-25)7-16(13)24/h1-9H,(H,27,28). The summed E-state index contributed by atoms with van der Waals surface area (Å²) in [5.74, 6) is -1.49. The van der Waals surface area contributed by atoms with Gasteiger partial charge in [0.15, 0.2) is 0 Å². The molecule has 142 valence electrons. The second-order valence-electron chi connectivity index (χ2n) is 6.06. The van der Waals surface area contributed by atoms with E-state index < -0.39 is 11.7 Å². The Morgan fingerprint density at radius 1 is 1.14 bits per heavy atom. The molecule has 8 heteroatoms. The van der Waals surface area contributed by atoms with E-state index in [0.29, 0.717) is 15.6 Å². The van der Waals surface area contributed by atoms with Gasteiger partial charge in [-0.3, -0.25) is 4.79 Å². The highest BCUT2D eigenvalue weighted by atomic mass is 35.5. The maximum Gasteiger partial charge on any atom is 0.258 e. The van der Waals surface area contributed by atoms with E-state index in [1.165, 1.54) is 29.5 Å². The first-order valence-electron chi connectivity index (χ1n) is 8.32. The zero-order valence-corrected chi connectivity index (χ0v) is 16.9. The molecular weight excluding hydrogens is 432 g/mol. The van der Waals surface area contributed by atoms with Gasteiger partial charge < -0.3 is 5.32 Å². The van der Waals surface area contributed by atoms with Crippen molar-refractivity contribution in [3.8, 4) is 16.6 Å². The van der Waals surface area contributed by atoms with E-state index >= 15 is 0 Å². The van der Waals surface area contributed by atoms with E-state index in [-0.39, 0.29) is 21.8 Å². The van der Waals surface area contributed by atoms with Crippen LogP contribution in [0.15, 0.2) is 54.6 Å². The number of fused-ring (bicyclic) bond motifs is 1. The fourth-order valence-corrected chi connectivity index (χ4v) is 4.34. The average molecular weight is 442 g/mol. The van der Waals surface area contributed by atoms with Crippen molar-refractivity contribution in [1.29, 1.82) is 5.26 Å². The van der Waals surface area contributed by atoms with Crippen LogP contribution in [0.3, 0.4) is 0 Å². The molecule has 1 N–H and O–H groups in total. The molecule has 0 aliphatic carbocycles. The third kappa shape index (κ3) is 3.81. The van der Waals surface area contributed by atoms with Crippen molar-refractivity contribution in [2.75, 3.05) is 5.32 Å². The number of nitrogens with one attached hydrogen (secondary N) is 1. The number of aromatic nitrogens is 1. The smallest absolute Gasteiger partial charge is 0.258 e. The Morgan fingerprint density at radius 2 is 1.93 bits per heavy atom. The van der Waals surface area contributed by atoms with Crippen molar-refractivity contribution in [2.24, 2.45) is 0 Å². The summed E-state index contributed by atoms with van der Waals surface area (Å²) < 4.78 is 15.2. The first-order valence-corrected chi connectivity index (χ1v) is 9.89. The van der Waals surface area contributed by atoms with Crippen LogP contribution in [0.4, 0.5) is 10.1 Å². The number of anilines is 1. The third-order valence-corrected chi connectivity index (χ3v) is 5.75. The second-order valence-corrected chi connectivity index (χ2v) is 7.93. The molecule has 0 fully saturated rings. The summed E-state index contributed by atoms with van der Waals surface area (Å²) >= 11 is 13.9. The number of hydrogen-bond acceptors (Lipinski definition) is 4. The van der Waals surface area contributed by atoms with Crippen LogP contribution in [0.2, 0.25) is 10.0 Å². The molecule has 4 aromatic rings. The number of rotatable bonds is 3. The summed E-state index contributed by atoms with van der Waals surface area (Å²) in [5.41, 5.74) is 1.54.